The van der Waals surface area contributed by atoms with E-state index >= 15 is 0 Å². The number of halogens is 2. The fraction of sp³-hybridized carbons (Fsp3) is 0.333. The third kappa shape index (κ3) is 1.30. The van der Waals surface area contributed by atoms with E-state index in [1.54, 1.807) is 6.07 Å². The summed E-state index contributed by atoms with van der Waals surface area (Å²) in [6.07, 6.45) is -0.0361. The van der Waals surface area contributed by atoms with Gasteiger partial charge in [-0.25, -0.2) is 0 Å². The summed E-state index contributed by atoms with van der Waals surface area (Å²) in [4.78, 5) is 0. The van der Waals surface area contributed by atoms with Crippen molar-refractivity contribution in [3.05, 3.63) is 27.7 Å². The minimum absolute atomic E-state index is 0.0361. The summed E-state index contributed by atoms with van der Waals surface area (Å²) in [7, 11) is 0. The molecule has 2 nitrogen and oxygen atoms in total. The van der Waals surface area contributed by atoms with Gasteiger partial charge >= 0.3 is 0 Å². The monoisotopic (exact) mass is 217 g/mol. The van der Waals surface area contributed by atoms with Gasteiger partial charge in [-0.2, -0.15) is 0 Å². The zero-order chi connectivity index (χ0) is 9.59. The summed E-state index contributed by atoms with van der Waals surface area (Å²) in [5.41, 5.74) is 6.81. The summed E-state index contributed by atoms with van der Waals surface area (Å²) >= 11 is 11.8. The first-order valence-electron chi connectivity index (χ1n) is 4.01. The van der Waals surface area contributed by atoms with Crippen LogP contribution in [-0.4, -0.2) is 6.10 Å². The Morgan fingerprint density at radius 1 is 1.38 bits per heavy atom. The van der Waals surface area contributed by atoms with Crippen LogP contribution in [-0.2, 0) is 0 Å². The van der Waals surface area contributed by atoms with Crippen molar-refractivity contribution in [3.8, 4) is 5.75 Å². The number of hydrogen-bond donors (Lipinski definition) is 1. The molecule has 13 heavy (non-hydrogen) atoms. The highest BCUT2D eigenvalue weighted by molar-refractivity contribution is 6.43. The van der Waals surface area contributed by atoms with Gasteiger partial charge in [0.05, 0.1) is 11.1 Å². The van der Waals surface area contributed by atoms with Gasteiger partial charge in [0.2, 0.25) is 0 Å². The zero-order valence-electron chi connectivity index (χ0n) is 7.05. The van der Waals surface area contributed by atoms with Crippen LogP contribution in [0.5, 0.6) is 5.75 Å². The van der Waals surface area contributed by atoms with Gasteiger partial charge in [0.25, 0.3) is 0 Å². The maximum absolute atomic E-state index is 5.96. The lowest BCUT2D eigenvalue weighted by atomic mass is 10.1. The predicted octanol–water partition coefficient (Wildman–Crippen LogP) is 2.77. The minimum Gasteiger partial charge on any atom is -0.487 e. The third-order valence-electron chi connectivity index (χ3n) is 2.25. The van der Waals surface area contributed by atoms with Crippen molar-refractivity contribution < 1.29 is 4.74 Å². The molecule has 1 aliphatic rings. The van der Waals surface area contributed by atoms with Crippen LogP contribution in [0.1, 0.15) is 18.5 Å². The molecule has 0 amide bonds. The molecule has 0 saturated carbocycles. The fourth-order valence-corrected chi connectivity index (χ4v) is 1.81. The molecule has 1 aromatic rings. The van der Waals surface area contributed by atoms with Gasteiger partial charge in [0, 0.05) is 5.56 Å². The Kier molecular flexibility index (Phi) is 2.14. The van der Waals surface area contributed by atoms with Gasteiger partial charge in [-0.05, 0) is 13.0 Å². The minimum atomic E-state index is -0.107. The van der Waals surface area contributed by atoms with E-state index in [9.17, 15) is 0 Å². The number of benzene rings is 1. The zero-order valence-corrected chi connectivity index (χ0v) is 8.56. The average Bonchev–Trinajstić information content (AvgIpc) is 2.38. The Labute approximate surface area is 86.6 Å². The maximum atomic E-state index is 5.96. The molecule has 0 radical (unpaired) electrons. The third-order valence-corrected chi connectivity index (χ3v) is 3.04. The van der Waals surface area contributed by atoms with Crippen molar-refractivity contribution in [2.75, 3.05) is 0 Å². The predicted molar refractivity (Wildman–Crippen MR) is 53.5 cm³/mol. The summed E-state index contributed by atoms with van der Waals surface area (Å²) < 4.78 is 5.49. The highest BCUT2D eigenvalue weighted by Gasteiger charge is 2.30. The first-order valence-corrected chi connectivity index (χ1v) is 4.77. The molecule has 70 valence electrons. The smallest absolute Gasteiger partial charge is 0.144 e. The molecule has 2 N–H and O–H groups in total. The van der Waals surface area contributed by atoms with E-state index in [1.165, 1.54) is 0 Å². The van der Waals surface area contributed by atoms with Gasteiger partial charge in [0.1, 0.15) is 16.9 Å². The molecule has 0 saturated heterocycles. The molecule has 2 rings (SSSR count). The molecular weight excluding hydrogens is 209 g/mol. The number of rotatable bonds is 0. The molecule has 0 bridgehead atoms. The van der Waals surface area contributed by atoms with E-state index in [-0.39, 0.29) is 12.1 Å². The highest BCUT2D eigenvalue weighted by Crippen LogP contribution is 2.43. The van der Waals surface area contributed by atoms with Gasteiger partial charge in [-0.3, -0.25) is 0 Å². The largest absolute Gasteiger partial charge is 0.487 e. The Bertz CT molecular complexity index is 354. The van der Waals surface area contributed by atoms with Crippen LogP contribution >= 0.6 is 23.2 Å². The van der Waals surface area contributed by atoms with Gasteiger partial charge in [0.15, 0.2) is 0 Å². The van der Waals surface area contributed by atoms with Crippen LogP contribution in [0.4, 0.5) is 0 Å². The number of nitrogens with two attached hydrogens (primary N) is 1. The molecule has 0 spiro atoms. The van der Waals surface area contributed by atoms with Crippen LogP contribution in [0.25, 0.3) is 0 Å². The molecule has 2 atom stereocenters. The highest BCUT2D eigenvalue weighted by atomic mass is 35.5. The number of hydrogen-bond acceptors (Lipinski definition) is 2. The normalized spacial score (nSPS) is 25.5. The van der Waals surface area contributed by atoms with Gasteiger partial charge < -0.3 is 10.5 Å². The van der Waals surface area contributed by atoms with Crippen molar-refractivity contribution in [1.29, 1.82) is 0 Å². The van der Waals surface area contributed by atoms with E-state index < -0.39 is 0 Å². The molecule has 1 aliphatic heterocycles. The van der Waals surface area contributed by atoms with Crippen molar-refractivity contribution >= 4 is 23.2 Å². The first kappa shape index (κ1) is 9.13. The second-order valence-electron chi connectivity index (χ2n) is 3.13. The standard InChI is InChI=1S/C9H9Cl2NO/c1-4-8(12)5-2-3-6(10)7(11)9(5)13-4/h2-4,8H,12H2,1H3. The lowest BCUT2D eigenvalue weighted by Crippen LogP contribution is -2.21. The summed E-state index contributed by atoms with van der Waals surface area (Å²) in [6.45, 7) is 1.91. The topological polar surface area (TPSA) is 35.2 Å². The van der Waals surface area contributed by atoms with E-state index in [0.29, 0.717) is 15.8 Å². The maximum Gasteiger partial charge on any atom is 0.144 e. The van der Waals surface area contributed by atoms with Crippen LogP contribution in [0, 0.1) is 0 Å². The lowest BCUT2D eigenvalue weighted by molar-refractivity contribution is 0.228. The molecular formula is C9H9Cl2NO. The molecule has 1 heterocycles. The average molecular weight is 218 g/mol. The molecule has 0 fully saturated rings. The lowest BCUT2D eigenvalue weighted by Gasteiger charge is -2.07. The van der Waals surface area contributed by atoms with Crippen LogP contribution in [0.2, 0.25) is 10.0 Å². The Balaban J connectivity index is 2.57. The van der Waals surface area contributed by atoms with E-state index in [1.807, 2.05) is 13.0 Å². The van der Waals surface area contributed by atoms with Crippen molar-refractivity contribution in [2.24, 2.45) is 5.73 Å². The number of fused-ring (bicyclic) bond motifs is 1. The van der Waals surface area contributed by atoms with E-state index in [4.69, 9.17) is 33.7 Å². The molecule has 4 heteroatoms. The quantitative estimate of drug-likeness (QED) is 0.726. The van der Waals surface area contributed by atoms with Crippen LogP contribution in [0.3, 0.4) is 0 Å². The Morgan fingerprint density at radius 3 is 2.77 bits per heavy atom. The van der Waals surface area contributed by atoms with Crippen molar-refractivity contribution in [2.45, 2.75) is 19.1 Å². The van der Waals surface area contributed by atoms with E-state index in [0.717, 1.165) is 5.56 Å². The Hall–Kier alpha value is -0.440. The van der Waals surface area contributed by atoms with Gasteiger partial charge in [-0.1, -0.05) is 29.3 Å². The molecule has 2 unspecified atom stereocenters. The molecule has 0 aliphatic carbocycles. The first-order chi connectivity index (χ1) is 6.11. The Morgan fingerprint density at radius 2 is 2.08 bits per heavy atom. The summed E-state index contributed by atoms with van der Waals surface area (Å²) in [5.74, 6) is 0.633. The summed E-state index contributed by atoms with van der Waals surface area (Å²) in [6, 6.07) is 3.49. The molecule has 0 aromatic heterocycles. The summed E-state index contributed by atoms with van der Waals surface area (Å²) in [5, 5.41) is 0.959. The van der Waals surface area contributed by atoms with Crippen LogP contribution < -0.4 is 10.5 Å². The molecule has 1 aromatic carbocycles. The van der Waals surface area contributed by atoms with Gasteiger partial charge in [-0.15, -0.1) is 0 Å². The number of ether oxygens (including phenoxy) is 1. The van der Waals surface area contributed by atoms with Crippen LogP contribution in [0.15, 0.2) is 12.1 Å². The second-order valence-corrected chi connectivity index (χ2v) is 3.91. The van der Waals surface area contributed by atoms with E-state index in [2.05, 4.69) is 0 Å². The van der Waals surface area contributed by atoms with Crippen molar-refractivity contribution in [1.82, 2.24) is 0 Å². The fourth-order valence-electron chi connectivity index (χ4n) is 1.44. The van der Waals surface area contributed by atoms with Crippen molar-refractivity contribution in [3.63, 3.8) is 0 Å². The second kappa shape index (κ2) is 3.05. The SMILES string of the molecule is CC1Oc2c(ccc(Cl)c2Cl)C1N.